The molecule has 2 N–H and O–H groups in total. The van der Waals surface area contributed by atoms with Crippen molar-refractivity contribution in [2.45, 2.75) is 46.7 Å². The topological polar surface area (TPSA) is 158 Å². The van der Waals surface area contributed by atoms with Crippen molar-refractivity contribution in [2.24, 2.45) is 0 Å². The second kappa shape index (κ2) is 21.3. The van der Waals surface area contributed by atoms with Crippen LogP contribution in [0.1, 0.15) is 32.8 Å². The van der Waals surface area contributed by atoms with Crippen LogP contribution in [-0.4, -0.2) is 98.6 Å². The van der Waals surface area contributed by atoms with Gasteiger partial charge in [-0.2, -0.15) is 6.41 Å². The van der Waals surface area contributed by atoms with Gasteiger partial charge in [0, 0.05) is 31.5 Å². The largest absolute Gasteiger partial charge is 0.524 e. The summed E-state index contributed by atoms with van der Waals surface area (Å²) in [5.74, 6) is -1.23. The van der Waals surface area contributed by atoms with Gasteiger partial charge >= 0.3 is 11.7 Å². The Balaban J connectivity index is 0. The van der Waals surface area contributed by atoms with Gasteiger partial charge < -0.3 is 34.0 Å². The predicted molar refractivity (Wildman–Crippen MR) is 131 cm³/mol. The van der Waals surface area contributed by atoms with Crippen molar-refractivity contribution < 1.29 is 33.3 Å². The van der Waals surface area contributed by atoms with Gasteiger partial charge in [-0.3, -0.25) is 23.9 Å². The number of nitrogens with one attached hydrogen (secondary N) is 2. The SMILES string of the molecule is CC.CCCOC(=O)CN(CC(COCCOCCOC)N[C-]=O)C(=O)Cn1cc(C)c(=O)[nH]c1=O.[Fm]. The standard InChI is InChI=1S/C21H33N4O9.C2H6.Fm/c1-4-5-34-19(28)13-24(18(27)12-25-10-16(2)20(29)23-21(25)30)11-17(22-15-26)14-33-9-8-32-7-6-31-3;1-2;/h10,17H,4-9,11-14H2,1-3H3,(H,22,26)(H,23,29,30);1-2H3;/q-1;;. The Morgan fingerprint density at radius 1 is 1.14 bits per heavy atom. The fraction of sp³-hybridized carbons (Fsp3) is 0.696. The normalized spacial score (nSPS) is 10.8. The summed E-state index contributed by atoms with van der Waals surface area (Å²) >= 11 is 0. The van der Waals surface area contributed by atoms with E-state index in [1.54, 1.807) is 13.5 Å². The molecule has 0 aromatic carbocycles. The first-order valence-electron chi connectivity index (χ1n) is 11.8. The average molecular weight is 773 g/mol. The van der Waals surface area contributed by atoms with Crippen molar-refractivity contribution in [1.82, 2.24) is 19.8 Å². The van der Waals surface area contributed by atoms with E-state index in [2.05, 4.69) is 10.3 Å². The fourth-order valence-corrected chi connectivity index (χ4v) is 2.73. The third kappa shape index (κ3) is 14.9. The number of H-pyrrole nitrogens is 1. The van der Waals surface area contributed by atoms with E-state index >= 15 is 0 Å². The molecule has 0 bridgehead atoms. The van der Waals surface area contributed by atoms with Gasteiger partial charge in [-0.15, -0.1) is 0 Å². The Labute approximate surface area is 211 Å². The molecule has 0 spiro atoms. The number of aromatic nitrogens is 2. The zero-order chi connectivity index (χ0) is 27.3. The van der Waals surface area contributed by atoms with Crippen molar-refractivity contribution in [3.63, 3.8) is 0 Å². The summed E-state index contributed by atoms with van der Waals surface area (Å²) in [4.78, 5) is 63.0. The molecular formula is C23H39FmN4O9-. The third-order valence-corrected chi connectivity index (χ3v) is 4.46. The first kappa shape index (κ1) is 35.1. The minimum atomic E-state index is -0.759. The number of aryl methyl sites for hydroxylation is 1. The van der Waals surface area contributed by atoms with Crippen molar-refractivity contribution >= 4 is 18.3 Å². The van der Waals surface area contributed by atoms with Gasteiger partial charge in [-0.05, 0) is 13.3 Å². The molecule has 14 heteroatoms. The maximum Gasteiger partial charge on any atom is 0.328 e. The molecular weight excluding hydrogens is 733 g/mol. The number of aromatic amines is 1. The molecule has 1 aromatic rings. The number of carbonyl (C=O) groups excluding carboxylic acids is 3. The van der Waals surface area contributed by atoms with Gasteiger partial charge in [0.1, 0.15) is 13.1 Å². The van der Waals surface area contributed by atoms with Gasteiger partial charge in [-0.1, -0.05) is 20.8 Å². The number of methoxy groups -OCH3 is 1. The number of esters is 1. The molecule has 0 aliphatic heterocycles. The summed E-state index contributed by atoms with van der Waals surface area (Å²) in [5, 5.41) is 2.43. The van der Waals surface area contributed by atoms with E-state index in [0.29, 0.717) is 26.2 Å². The Hall–Kier alpha value is -4.03. The van der Waals surface area contributed by atoms with Crippen molar-refractivity contribution in [3.05, 3.63) is 32.6 Å². The summed E-state index contributed by atoms with van der Waals surface area (Å²) in [6, 6.07) is -0.687. The first-order valence-corrected chi connectivity index (χ1v) is 11.8. The second-order valence-corrected chi connectivity index (χ2v) is 7.32. The molecule has 37 heavy (non-hydrogen) atoms. The Bertz CT molecular complexity index is 892. The molecule has 1 atom stereocenters. The molecule has 0 saturated carbocycles. The molecule has 13 nitrogen and oxygen atoms in total. The number of nitrogens with zero attached hydrogens (tertiary/aromatic N) is 2. The van der Waals surface area contributed by atoms with E-state index in [4.69, 9.17) is 18.9 Å². The molecule has 1 rings (SSSR count). The number of ether oxygens (including phenoxy) is 4. The van der Waals surface area contributed by atoms with Gasteiger partial charge in [0.15, 0.2) is 0 Å². The molecule has 0 saturated heterocycles. The van der Waals surface area contributed by atoms with Crippen LogP contribution >= 0.6 is 0 Å². The first-order chi connectivity index (χ1) is 17.3. The molecule has 0 aliphatic rings. The van der Waals surface area contributed by atoms with E-state index in [-0.39, 0.29) is 31.9 Å². The molecule has 0 aliphatic carbocycles. The summed E-state index contributed by atoms with van der Waals surface area (Å²) in [5.41, 5.74) is -1.06. The smallest absolute Gasteiger partial charge is 0.328 e. The van der Waals surface area contributed by atoms with Crippen LogP contribution in [0.3, 0.4) is 0 Å². The van der Waals surface area contributed by atoms with Crippen LogP contribution in [0.2, 0.25) is 0 Å². The second-order valence-electron chi connectivity index (χ2n) is 7.32. The number of amides is 2. The van der Waals surface area contributed by atoms with E-state index in [1.165, 1.54) is 13.1 Å². The Morgan fingerprint density at radius 2 is 1.78 bits per heavy atom. The number of carbonyl (C=O) groups is 2. The molecule has 1 unspecified atom stereocenters. The maximum absolute atomic E-state index is 13.0. The average Bonchev–Trinajstić information content (AvgIpc) is 2.86. The van der Waals surface area contributed by atoms with Crippen LogP contribution in [0.4, 0.5) is 0 Å². The minimum Gasteiger partial charge on any atom is -0.524 e. The zero-order valence-corrected chi connectivity index (χ0v) is 24.5. The fourth-order valence-electron chi connectivity index (χ4n) is 2.73. The van der Waals surface area contributed by atoms with Gasteiger partial charge in [0.2, 0.25) is 5.91 Å². The van der Waals surface area contributed by atoms with Crippen molar-refractivity contribution in [2.75, 3.05) is 59.8 Å². The Kier molecular flexibility index (Phi) is 20.2. The monoisotopic (exact) mass is 772 g/mol. The Morgan fingerprint density at radius 3 is 2.41 bits per heavy atom. The molecule has 0 radical (unpaired) electrons. The van der Waals surface area contributed by atoms with Crippen molar-refractivity contribution in [3.8, 4) is 0 Å². The summed E-state index contributed by atoms with van der Waals surface area (Å²) in [7, 11) is 1.56. The predicted octanol–water partition coefficient (Wildman–Crippen LogP) is -0.642. The van der Waals surface area contributed by atoms with Gasteiger partial charge in [0.25, 0.3) is 5.56 Å². The minimum absolute atomic E-state index is 0. The zero-order valence-electron chi connectivity index (χ0n) is 22.1. The van der Waals surface area contributed by atoms with Crippen LogP contribution in [0.5, 0.6) is 0 Å². The van der Waals surface area contributed by atoms with Crippen LogP contribution < -0.4 is 16.6 Å². The maximum atomic E-state index is 13.0. The number of hydrogen-bond donors (Lipinski definition) is 2. The van der Waals surface area contributed by atoms with E-state index < -0.39 is 42.3 Å². The van der Waals surface area contributed by atoms with Gasteiger partial charge in [-0.25, -0.2) is 4.79 Å². The molecule has 1 aromatic heterocycles. The van der Waals surface area contributed by atoms with E-state index in [0.717, 1.165) is 9.47 Å². The van der Waals surface area contributed by atoms with Crippen molar-refractivity contribution in [1.29, 1.82) is 0 Å². The van der Waals surface area contributed by atoms with Crippen LogP contribution in [0.25, 0.3) is 0 Å². The third-order valence-electron chi connectivity index (χ3n) is 4.46. The summed E-state index contributed by atoms with van der Waals surface area (Å²) in [6.07, 6.45) is 3.43. The summed E-state index contributed by atoms with van der Waals surface area (Å²) in [6.45, 7) is 8.02. The quantitative estimate of drug-likeness (QED) is 0.0858. The molecule has 0 fully saturated rings. The molecule has 2 amide bonds. The summed E-state index contributed by atoms with van der Waals surface area (Å²) < 4.78 is 21.7. The van der Waals surface area contributed by atoms with Crippen LogP contribution in [0, 0.1) is 6.92 Å². The van der Waals surface area contributed by atoms with Gasteiger partial charge in [0.05, 0.1) is 39.6 Å². The van der Waals surface area contributed by atoms with E-state index in [1.807, 2.05) is 20.8 Å². The number of rotatable bonds is 18. The van der Waals surface area contributed by atoms with Crippen LogP contribution in [0.15, 0.2) is 15.8 Å². The molecule has 218 valence electrons. The van der Waals surface area contributed by atoms with Crippen LogP contribution in [-0.2, 0) is 39.9 Å². The number of hydrogen-bond acceptors (Lipinski definition) is 9. The van der Waals surface area contributed by atoms with E-state index in [9.17, 15) is 24.0 Å². The molecule has 1 heterocycles.